The Morgan fingerprint density at radius 1 is 0.913 bits per heavy atom. The van der Waals surface area contributed by atoms with Gasteiger partial charge in [-0.25, -0.2) is 0 Å². The number of benzene rings is 1. The summed E-state index contributed by atoms with van der Waals surface area (Å²) in [6, 6.07) is 5.07. The second-order valence-corrected chi connectivity index (χ2v) is 7.82. The Hall–Kier alpha value is -0.882. The summed E-state index contributed by atoms with van der Waals surface area (Å²) in [6.45, 7) is 19.9. The van der Waals surface area contributed by atoms with Gasteiger partial charge in [-0.2, -0.15) is 5.10 Å². The molecule has 1 aromatic carbocycles. The number of hydrogen-bond donors (Lipinski definition) is 0. The van der Waals surface area contributed by atoms with Gasteiger partial charge in [0.05, 0.1) is 5.69 Å². The van der Waals surface area contributed by atoms with Gasteiger partial charge in [0.2, 0.25) is 0 Å². The Balaban J connectivity index is 0.00000264. The van der Waals surface area contributed by atoms with E-state index in [1.54, 1.807) is 0 Å². The van der Waals surface area contributed by atoms with Crippen molar-refractivity contribution in [3.63, 3.8) is 0 Å². The molecule has 0 amide bonds. The van der Waals surface area contributed by atoms with Crippen LogP contribution in [0.2, 0.25) is 0 Å². The molecule has 130 valence electrons. The van der Waals surface area contributed by atoms with Gasteiger partial charge in [-0.3, -0.25) is 4.68 Å². The van der Waals surface area contributed by atoms with Gasteiger partial charge in [-0.1, -0.05) is 32.9 Å². The second-order valence-electron chi connectivity index (χ2n) is 7.82. The van der Waals surface area contributed by atoms with Crippen molar-refractivity contribution in [1.29, 1.82) is 0 Å². The van der Waals surface area contributed by atoms with Gasteiger partial charge in [0.15, 0.2) is 0 Å². The normalized spacial score (nSPS) is 11.7. The van der Waals surface area contributed by atoms with E-state index in [0.29, 0.717) is 6.04 Å². The molecule has 0 saturated carbocycles. The number of aryl methyl sites for hydroxylation is 3. The van der Waals surface area contributed by atoms with Crippen LogP contribution >= 0.6 is 0 Å². The van der Waals surface area contributed by atoms with Crippen molar-refractivity contribution >= 4 is 0 Å². The smallest absolute Gasteiger partial charge is 0.0675 e. The molecule has 0 atom stereocenters. The summed E-state index contributed by atoms with van der Waals surface area (Å²) in [7, 11) is 0. The molecule has 1 aromatic heterocycles. The fraction of sp³-hybridized carbons (Fsp3) is 0.550. The van der Waals surface area contributed by atoms with E-state index in [1.807, 2.05) is 0 Å². The maximum absolute atomic E-state index is 4.76. The minimum absolute atomic E-state index is 0. The van der Waals surface area contributed by atoms with Crippen LogP contribution in [0.25, 0.3) is 11.1 Å². The molecule has 0 bridgehead atoms. The van der Waals surface area contributed by atoms with Crippen LogP contribution in [-0.4, -0.2) is 9.78 Å². The van der Waals surface area contributed by atoms with Gasteiger partial charge in [-0.15, -0.1) is 0 Å². The zero-order valence-corrected chi connectivity index (χ0v) is 18.2. The third kappa shape index (κ3) is 3.79. The maximum atomic E-state index is 4.76. The zero-order chi connectivity index (χ0) is 16.8. The van der Waals surface area contributed by atoms with Crippen LogP contribution in [-0.2, 0) is 26.5 Å². The fourth-order valence-corrected chi connectivity index (χ4v) is 3.32. The van der Waals surface area contributed by atoms with Crippen molar-refractivity contribution in [2.24, 2.45) is 0 Å². The van der Waals surface area contributed by atoms with Crippen LogP contribution < -0.4 is 0 Å². The Labute approximate surface area is 155 Å². The first-order valence-corrected chi connectivity index (χ1v) is 8.21. The van der Waals surface area contributed by atoms with E-state index in [4.69, 9.17) is 5.10 Å². The monoisotopic (exact) mass is 493 g/mol. The van der Waals surface area contributed by atoms with Gasteiger partial charge in [0.1, 0.15) is 0 Å². The minimum Gasteiger partial charge on any atom is -0.266 e. The van der Waals surface area contributed by atoms with Crippen molar-refractivity contribution in [1.82, 2.24) is 9.78 Å². The maximum Gasteiger partial charge on any atom is 0.0675 e. The molecule has 0 spiro atoms. The van der Waals surface area contributed by atoms with Gasteiger partial charge in [0.25, 0.3) is 0 Å². The Morgan fingerprint density at radius 3 is 1.74 bits per heavy atom. The molecule has 0 fully saturated rings. The topological polar surface area (TPSA) is 17.8 Å². The molecule has 2 nitrogen and oxygen atoms in total. The first-order chi connectivity index (χ1) is 10.0. The molecule has 1 heterocycles. The third-order valence-electron chi connectivity index (χ3n) is 4.46. The van der Waals surface area contributed by atoms with E-state index in [2.05, 4.69) is 79.1 Å². The fourth-order valence-electron chi connectivity index (χ4n) is 3.32. The van der Waals surface area contributed by atoms with E-state index in [1.165, 1.54) is 33.5 Å². The molecule has 0 aliphatic heterocycles. The third-order valence-corrected chi connectivity index (χ3v) is 4.46. The van der Waals surface area contributed by atoms with Gasteiger partial charge >= 0.3 is 0 Å². The summed E-state index contributed by atoms with van der Waals surface area (Å²) in [5.74, 6) is 0. The van der Waals surface area contributed by atoms with Gasteiger partial charge in [0, 0.05) is 38.4 Å². The van der Waals surface area contributed by atoms with E-state index in [0.717, 1.165) is 5.69 Å². The van der Waals surface area contributed by atoms with Crippen molar-refractivity contribution in [2.45, 2.75) is 73.8 Å². The first-order valence-electron chi connectivity index (χ1n) is 8.21. The zero-order valence-electron chi connectivity index (χ0n) is 15.9. The molecule has 2 aromatic rings. The summed E-state index contributed by atoms with van der Waals surface area (Å²) >= 11 is 0. The number of rotatable bonds is 2. The molecule has 3 heteroatoms. The van der Waals surface area contributed by atoms with E-state index in [-0.39, 0.29) is 26.5 Å². The quantitative estimate of drug-likeness (QED) is 0.528. The largest absolute Gasteiger partial charge is 0.266 e. The Bertz CT molecular complexity index is 680. The molecule has 2 rings (SSSR count). The summed E-state index contributed by atoms with van der Waals surface area (Å²) < 4.78 is 2.14. The van der Waals surface area contributed by atoms with Crippen molar-refractivity contribution in [3.8, 4) is 11.1 Å². The van der Waals surface area contributed by atoms with Crippen molar-refractivity contribution < 1.29 is 21.1 Å². The van der Waals surface area contributed by atoms with Crippen LogP contribution in [0.4, 0.5) is 0 Å². The van der Waals surface area contributed by atoms with Crippen LogP contribution in [0.15, 0.2) is 12.1 Å². The van der Waals surface area contributed by atoms with Gasteiger partial charge in [-0.05, 0) is 69.2 Å². The summed E-state index contributed by atoms with van der Waals surface area (Å²) in [5, 5.41) is 4.76. The predicted molar refractivity (Wildman–Crippen MR) is 95.7 cm³/mol. The van der Waals surface area contributed by atoms with E-state index < -0.39 is 0 Å². The van der Waals surface area contributed by atoms with Crippen LogP contribution in [0.1, 0.15) is 68.7 Å². The first kappa shape index (κ1) is 20.2. The molecule has 0 saturated heterocycles. The molecule has 0 radical (unpaired) electrons. The average Bonchev–Trinajstić information content (AvgIpc) is 2.65. The second kappa shape index (κ2) is 6.93. The number of hydrogen-bond acceptors (Lipinski definition) is 1. The molecule has 0 N–H and O–H groups in total. The number of aromatic nitrogens is 2. The van der Waals surface area contributed by atoms with Crippen LogP contribution in [0, 0.1) is 27.7 Å². The number of nitrogens with zero attached hydrogens (tertiary/aromatic N) is 2. The van der Waals surface area contributed by atoms with Crippen LogP contribution in [0.5, 0.6) is 0 Å². The summed E-state index contributed by atoms with van der Waals surface area (Å²) in [5.41, 5.74) is 9.33. The minimum atomic E-state index is 0. The Kier molecular flexibility index (Phi) is 6.08. The summed E-state index contributed by atoms with van der Waals surface area (Å²) in [4.78, 5) is 0. The van der Waals surface area contributed by atoms with E-state index in [9.17, 15) is 0 Å². The van der Waals surface area contributed by atoms with E-state index >= 15 is 0 Å². The van der Waals surface area contributed by atoms with Gasteiger partial charge < -0.3 is 0 Å². The van der Waals surface area contributed by atoms with Crippen molar-refractivity contribution in [2.75, 3.05) is 0 Å². The standard InChI is InChI=1S/C20H30N2.Pt/c1-12(2)22-16(6)19(15(5)21-22)18-13(3)10-17(11-14(18)4)20(7,8)9;/h10-12H,1-9H3;. The molecule has 0 aliphatic carbocycles. The molecule has 23 heavy (non-hydrogen) atoms. The SMILES string of the molecule is Cc1cc(C(C)(C)C)cc(C)c1-c1c(C)nn(C(C)C)c1C.[Pt]. The van der Waals surface area contributed by atoms with Crippen LogP contribution in [0.3, 0.4) is 0 Å². The summed E-state index contributed by atoms with van der Waals surface area (Å²) in [6.07, 6.45) is 0. The Morgan fingerprint density at radius 2 is 1.39 bits per heavy atom. The average molecular weight is 494 g/mol. The molecule has 0 aliphatic rings. The van der Waals surface area contributed by atoms with Crippen molar-refractivity contribution in [3.05, 3.63) is 40.2 Å². The predicted octanol–water partition coefficient (Wildman–Crippen LogP) is 5.66. The molecular weight excluding hydrogens is 463 g/mol. The molecule has 0 unspecified atom stereocenters. The molecular formula is C20H30N2Pt.